The van der Waals surface area contributed by atoms with Crippen LogP contribution in [0.1, 0.15) is 32.1 Å². The van der Waals surface area contributed by atoms with Crippen molar-refractivity contribution in [2.75, 3.05) is 32.4 Å². The van der Waals surface area contributed by atoms with Gasteiger partial charge in [0.05, 0.1) is 12.7 Å². The van der Waals surface area contributed by atoms with Crippen LogP contribution in [0, 0.1) is 11.8 Å². The number of nitrogens with one attached hydrogen (secondary N) is 1. The SMILES string of the molecule is CC(C)(CN)SSCOCC#Cc1cn([C@H]2C[C@@H](OCN=[N+]=[N-])[C@@H](COP(=O)(O)OP(=O)(O)OP(=O)(O)O)O2)c(=O)[nH]c1=O. The molecule has 26 heteroatoms. The lowest BCUT2D eigenvalue weighted by Crippen LogP contribution is -2.33. The molecule has 44 heavy (non-hydrogen) atoms. The topological polar surface area (TPSA) is 317 Å². The first-order chi connectivity index (χ1) is 20.4. The van der Waals surface area contributed by atoms with Gasteiger partial charge in [0, 0.05) is 28.8 Å². The first-order valence-corrected chi connectivity index (χ1v) is 18.7. The molecule has 0 amide bonds. The Labute approximate surface area is 256 Å². The molecule has 0 saturated carbocycles. The van der Waals surface area contributed by atoms with E-state index in [9.17, 15) is 33.1 Å². The van der Waals surface area contributed by atoms with Gasteiger partial charge >= 0.3 is 29.2 Å². The third kappa shape index (κ3) is 13.9. The number of nitrogens with two attached hydrogens (primary N) is 1. The number of nitrogens with zero attached hydrogens (tertiary/aromatic N) is 4. The lowest BCUT2D eigenvalue weighted by molar-refractivity contribution is -0.0601. The summed E-state index contributed by atoms with van der Waals surface area (Å²) in [5.41, 5.74) is 12.3. The van der Waals surface area contributed by atoms with Crippen LogP contribution in [0.3, 0.4) is 0 Å². The zero-order valence-electron chi connectivity index (χ0n) is 22.9. The van der Waals surface area contributed by atoms with E-state index in [2.05, 4.69) is 40.0 Å². The van der Waals surface area contributed by atoms with E-state index in [0.29, 0.717) is 12.5 Å². The maximum absolute atomic E-state index is 12.6. The fourth-order valence-electron chi connectivity index (χ4n) is 3.09. The van der Waals surface area contributed by atoms with Crippen LogP contribution < -0.4 is 17.0 Å². The molecule has 248 valence electrons. The van der Waals surface area contributed by atoms with Gasteiger partial charge in [-0.25, -0.2) is 18.5 Å². The van der Waals surface area contributed by atoms with Crippen LogP contribution >= 0.6 is 45.1 Å². The predicted molar refractivity (Wildman–Crippen MR) is 155 cm³/mol. The molecule has 7 N–H and O–H groups in total. The van der Waals surface area contributed by atoms with Crippen molar-refractivity contribution in [3.05, 3.63) is 43.0 Å². The minimum absolute atomic E-state index is 0.0346. The molecule has 1 fully saturated rings. The molecular weight excluding hydrogens is 697 g/mol. The number of hydrogen-bond donors (Lipinski definition) is 6. The highest BCUT2D eigenvalue weighted by Gasteiger charge is 2.43. The van der Waals surface area contributed by atoms with Crippen molar-refractivity contribution in [3.8, 4) is 11.8 Å². The van der Waals surface area contributed by atoms with E-state index in [1.807, 2.05) is 13.8 Å². The maximum atomic E-state index is 12.6. The first-order valence-electron chi connectivity index (χ1n) is 11.9. The van der Waals surface area contributed by atoms with Gasteiger partial charge in [-0.1, -0.05) is 38.5 Å². The molecule has 2 heterocycles. The van der Waals surface area contributed by atoms with Gasteiger partial charge in [0.2, 0.25) is 0 Å². The van der Waals surface area contributed by atoms with Crippen LogP contribution in [0.5, 0.6) is 0 Å². The molecule has 0 aromatic carbocycles. The van der Waals surface area contributed by atoms with Crippen molar-refractivity contribution in [1.82, 2.24) is 9.55 Å². The van der Waals surface area contributed by atoms with Crippen LogP contribution in [-0.2, 0) is 41.1 Å². The molecule has 0 spiro atoms. The zero-order chi connectivity index (χ0) is 33.2. The summed E-state index contributed by atoms with van der Waals surface area (Å²) in [7, 11) is -13.9. The number of H-pyrrole nitrogens is 1. The quantitative estimate of drug-likeness (QED) is 0.0192. The molecule has 1 aliphatic heterocycles. The van der Waals surface area contributed by atoms with Crippen molar-refractivity contribution in [3.63, 3.8) is 0 Å². The number of rotatable bonds is 17. The second-order valence-corrected chi connectivity index (χ2v) is 16.3. The smallest absolute Gasteiger partial charge is 0.369 e. The van der Waals surface area contributed by atoms with Gasteiger partial charge in [0.15, 0.2) is 0 Å². The average Bonchev–Trinajstić information content (AvgIpc) is 3.28. The Bertz CT molecular complexity index is 1520. The molecule has 1 aromatic heterocycles. The van der Waals surface area contributed by atoms with E-state index >= 15 is 0 Å². The molecule has 0 bridgehead atoms. The van der Waals surface area contributed by atoms with E-state index in [-0.39, 0.29) is 23.3 Å². The molecule has 0 radical (unpaired) electrons. The molecule has 1 aliphatic rings. The van der Waals surface area contributed by atoms with Crippen molar-refractivity contribution < 1.29 is 60.6 Å². The Morgan fingerprint density at radius 3 is 2.59 bits per heavy atom. The zero-order valence-corrected chi connectivity index (χ0v) is 27.2. The van der Waals surface area contributed by atoms with Crippen LogP contribution in [0.15, 0.2) is 20.9 Å². The average molecular weight is 727 g/mol. The Morgan fingerprint density at radius 2 is 1.95 bits per heavy atom. The molecule has 1 aromatic rings. The highest BCUT2D eigenvalue weighted by molar-refractivity contribution is 8.77. The van der Waals surface area contributed by atoms with Crippen LogP contribution in [0.2, 0.25) is 0 Å². The summed E-state index contributed by atoms with van der Waals surface area (Å²) in [5.74, 6) is 5.53. The van der Waals surface area contributed by atoms with Gasteiger partial charge in [-0.15, -0.1) is 0 Å². The highest BCUT2D eigenvalue weighted by atomic mass is 33.1. The number of phosphoric acid groups is 3. The standard InChI is InChI=1S/C18H29N6O15P3S2/c1-18(2,9-19)44-43-11-34-5-3-4-12-7-24(17(26)22-16(12)25)15-6-13(35-10-21-23-20)14(37-15)8-36-41(30,31)39-42(32,33)38-40(27,28)29/h7,13-15H,5-6,8-11,19H2,1-2H3,(H,30,31)(H,32,33)(H,22,25,26)(H2,27,28,29)/t13-,14-,15-/m1/s1. The normalized spacial score (nSPS) is 21.5. The van der Waals surface area contributed by atoms with Crippen LogP contribution in [0.25, 0.3) is 10.4 Å². The van der Waals surface area contributed by atoms with E-state index in [4.69, 9.17) is 35.3 Å². The lowest BCUT2D eigenvalue weighted by Gasteiger charge is -2.20. The molecule has 5 atom stereocenters. The molecule has 2 unspecified atom stereocenters. The van der Waals surface area contributed by atoms with Crippen LogP contribution in [-0.4, -0.2) is 78.5 Å². The van der Waals surface area contributed by atoms with Crippen molar-refractivity contribution >= 4 is 45.1 Å². The predicted octanol–water partition coefficient (Wildman–Crippen LogP) is 1.26. The van der Waals surface area contributed by atoms with Gasteiger partial charge < -0.3 is 39.5 Å². The van der Waals surface area contributed by atoms with Gasteiger partial charge in [-0.2, -0.15) is 8.62 Å². The number of azide groups is 1. The summed E-state index contributed by atoms with van der Waals surface area (Å²) < 4.78 is 63.6. The molecule has 2 rings (SSSR count). The monoisotopic (exact) mass is 726 g/mol. The summed E-state index contributed by atoms with van der Waals surface area (Å²) in [5, 5.41) is 3.20. The second kappa shape index (κ2) is 16.9. The van der Waals surface area contributed by atoms with Crippen molar-refractivity contribution in [1.29, 1.82) is 0 Å². The second-order valence-electron chi connectivity index (χ2n) is 8.96. The Balaban J connectivity index is 2.13. The number of ether oxygens (including phenoxy) is 3. The fourth-order valence-corrected chi connectivity index (χ4v) is 8.21. The van der Waals surface area contributed by atoms with Gasteiger partial charge in [0.1, 0.15) is 37.2 Å². The van der Waals surface area contributed by atoms with E-state index in [1.54, 1.807) is 10.8 Å². The van der Waals surface area contributed by atoms with E-state index in [0.717, 1.165) is 10.8 Å². The van der Waals surface area contributed by atoms with Gasteiger partial charge in [0.25, 0.3) is 5.56 Å². The molecule has 21 nitrogen and oxygen atoms in total. The third-order valence-corrected chi connectivity index (χ3v) is 11.8. The minimum atomic E-state index is -5.77. The van der Waals surface area contributed by atoms with E-state index in [1.165, 1.54) is 10.8 Å². The number of aromatic amines is 1. The number of phosphoric ester groups is 1. The van der Waals surface area contributed by atoms with Crippen molar-refractivity contribution in [2.45, 2.75) is 43.5 Å². The van der Waals surface area contributed by atoms with Gasteiger partial charge in [-0.3, -0.25) is 18.9 Å². The molecule has 0 aliphatic carbocycles. The summed E-state index contributed by atoms with van der Waals surface area (Å²) >= 11 is 0. The Kier molecular flexibility index (Phi) is 14.8. The minimum Gasteiger partial charge on any atom is -0.369 e. The van der Waals surface area contributed by atoms with E-state index < -0.39 is 66.5 Å². The lowest BCUT2D eigenvalue weighted by atomic mass is 10.2. The Hall–Kier alpha value is -1.50. The summed E-state index contributed by atoms with van der Waals surface area (Å²) in [6.45, 7) is 2.94. The van der Waals surface area contributed by atoms with Gasteiger partial charge in [-0.05, 0) is 19.4 Å². The summed E-state index contributed by atoms with van der Waals surface area (Å²) in [6.07, 6.45) is -2.66. The fraction of sp³-hybridized carbons (Fsp3) is 0.667. The maximum Gasteiger partial charge on any atom is 0.490 e. The highest BCUT2D eigenvalue weighted by Crippen LogP contribution is 2.66. The first kappa shape index (κ1) is 38.7. The molecular formula is C18H29N6O15P3S2. The largest absolute Gasteiger partial charge is 0.490 e. The number of aromatic nitrogens is 2. The summed E-state index contributed by atoms with van der Waals surface area (Å²) in [6, 6.07) is 0. The Morgan fingerprint density at radius 1 is 1.25 bits per heavy atom. The van der Waals surface area contributed by atoms with Crippen LogP contribution in [0.4, 0.5) is 0 Å². The van der Waals surface area contributed by atoms with Crippen molar-refractivity contribution in [2.24, 2.45) is 10.8 Å². The summed E-state index contributed by atoms with van der Waals surface area (Å²) in [4.78, 5) is 65.8. The third-order valence-electron chi connectivity index (χ3n) is 4.99. The molecule has 1 saturated heterocycles. The number of hydrogen-bond acceptors (Lipinski definition) is 15.